The first-order chi connectivity index (χ1) is 12.3. The van der Waals surface area contributed by atoms with Crippen LogP contribution in [0.1, 0.15) is 35.0 Å². The van der Waals surface area contributed by atoms with Crippen LogP contribution in [0.2, 0.25) is 19.6 Å². The molecule has 1 aromatic carbocycles. The van der Waals surface area contributed by atoms with Gasteiger partial charge < -0.3 is 4.42 Å². The largest absolute Gasteiger partial charge is 0.441 e. The number of hydrogen-bond acceptors (Lipinski definition) is 3. The van der Waals surface area contributed by atoms with Crippen molar-refractivity contribution in [3.8, 4) is 11.3 Å². The summed E-state index contributed by atoms with van der Waals surface area (Å²) in [7, 11) is -1.78. The summed E-state index contributed by atoms with van der Waals surface area (Å²) in [6, 6.07) is 7.72. The Labute approximate surface area is 154 Å². The molecule has 0 bridgehead atoms. The van der Waals surface area contributed by atoms with Crippen molar-refractivity contribution in [3.05, 3.63) is 41.9 Å². The number of hydrogen-bond donors (Lipinski definition) is 0. The molecule has 0 aliphatic rings. The molecule has 0 aliphatic heterocycles. The number of benzene rings is 1. The van der Waals surface area contributed by atoms with E-state index in [0.717, 1.165) is 33.1 Å². The summed E-state index contributed by atoms with van der Waals surface area (Å²) >= 11 is 0. The molecule has 0 saturated heterocycles. The number of aryl methyl sites for hydroxylation is 1. The van der Waals surface area contributed by atoms with Gasteiger partial charge in [-0.05, 0) is 34.7 Å². The highest BCUT2D eigenvalue weighted by atomic mass is 28.3. The van der Waals surface area contributed by atoms with E-state index in [2.05, 4.69) is 24.6 Å². The van der Waals surface area contributed by atoms with E-state index in [1.807, 2.05) is 58.2 Å². The van der Waals surface area contributed by atoms with E-state index in [1.54, 1.807) is 0 Å². The van der Waals surface area contributed by atoms with Crippen LogP contribution in [0, 0.1) is 12.3 Å². The number of para-hydroxylation sites is 1. The van der Waals surface area contributed by atoms with Crippen LogP contribution in [0.15, 0.2) is 34.9 Å². The maximum atomic E-state index is 8.89. The van der Waals surface area contributed by atoms with Gasteiger partial charge >= 0.3 is 0 Å². The van der Waals surface area contributed by atoms with Crippen molar-refractivity contribution in [2.45, 2.75) is 53.7 Å². The lowest BCUT2D eigenvalue weighted by molar-refractivity contribution is 0.412. The van der Waals surface area contributed by atoms with E-state index in [1.165, 1.54) is 0 Å². The first-order valence-corrected chi connectivity index (χ1v) is 12.2. The molecule has 3 aromatic rings. The molecule has 0 fully saturated rings. The lowest BCUT2D eigenvalue weighted by atomic mass is 9.88. The van der Waals surface area contributed by atoms with Gasteiger partial charge in [0, 0.05) is 21.4 Å². The molecule has 2 aromatic heterocycles. The van der Waals surface area contributed by atoms with Crippen molar-refractivity contribution in [1.82, 2.24) is 9.97 Å². The van der Waals surface area contributed by atoms with Crippen molar-refractivity contribution < 1.29 is 7.16 Å². The number of pyridine rings is 1. The highest BCUT2D eigenvalue weighted by Gasteiger charge is 2.24. The van der Waals surface area contributed by atoms with Gasteiger partial charge in [-0.15, -0.1) is 0 Å². The summed E-state index contributed by atoms with van der Waals surface area (Å²) < 4.78 is 23.4. The Morgan fingerprint density at radius 3 is 2.56 bits per heavy atom. The second-order valence-corrected chi connectivity index (χ2v) is 13.7. The molecule has 0 radical (unpaired) electrons. The van der Waals surface area contributed by atoms with Crippen LogP contribution in [0.25, 0.3) is 22.4 Å². The van der Waals surface area contributed by atoms with E-state index in [0.29, 0.717) is 5.89 Å². The van der Waals surface area contributed by atoms with Crippen molar-refractivity contribution in [1.29, 1.82) is 0 Å². The fourth-order valence-corrected chi connectivity index (χ4v) is 4.37. The predicted molar refractivity (Wildman–Crippen MR) is 108 cm³/mol. The zero-order valence-corrected chi connectivity index (χ0v) is 17.2. The second kappa shape index (κ2) is 6.10. The van der Waals surface area contributed by atoms with Gasteiger partial charge in [-0.25, -0.2) is 4.98 Å². The highest BCUT2D eigenvalue weighted by Crippen LogP contribution is 2.29. The summed E-state index contributed by atoms with van der Waals surface area (Å²) in [5.74, 6) is 0.612. The lowest BCUT2D eigenvalue weighted by Gasteiger charge is -2.26. The summed E-state index contributed by atoms with van der Waals surface area (Å²) in [5, 5.41) is 1.06. The second-order valence-electron chi connectivity index (χ2n) is 8.63. The highest BCUT2D eigenvalue weighted by molar-refractivity contribution is 6.89. The van der Waals surface area contributed by atoms with Gasteiger partial charge in [-0.3, -0.25) is 4.98 Å². The number of fused-ring (bicyclic) bond motifs is 1. The van der Waals surface area contributed by atoms with Crippen LogP contribution in [-0.4, -0.2) is 18.0 Å². The van der Waals surface area contributed by atoms with Crippen molar-refractivity contribution in [3.63, 3.8) is 0 Å². The Morgan fingerprint density at radius 1 is 1.20 bits per heavy atom. The van der Waals surface area contributed by atoms with Gasteiger partial charge in [0.25, 0.3) is 0 Å². The third-order valence-corrected chi connectivity index (χ3v) is 6.04. The number of aromatic nitrogens is 2. The number of oxazole rings is 1. The number of rotatable bonds is 3. The molecule has 0 spiro atoms. The van der Waals surface area contributed by atoms with Gasteiger partial charge in [-0.2, -0.15) is 0 Å². The van der Waals surface area contributed by atoms with E-state index >= 15 is 0 Å². The quantitative estimate of drug-likeness (QED) is 0.597. The SMILES string of the molecule is [2H]C([2H])(c1cc(-c2cccc3oc(C)nc23)ncc1[Si](C)(C)C)C(C)(C)C. The zero-order chi connectivity index (χ0) is 20.2. The smallest absolute Gasteiger partial charge is 0.192 e. The van der Waals surface area contributed by atoms with Crippen molar-refractivity contribution >= 4 is 24.4 Å². The third-order valence-electron chi connectivity index (χ3n) is 4.02. The monoisotopic (exact) mass is 354 g/mol. The molecule has 0 atom stereocenters. The van der Waals surface area contributed by atoms with Crippen LogP contribution < -0.4 is 5.19 Å². The predicted octanol–water partition coefficient (Wildman–Crippen LogP) is 5.33. The molecule has 2 heterocycles. The maximum Gasteiger partial charge on any atom is 0.192 e. The topological polar surface area (TPSA) is 38.9 Å². The first-order valence-electron chi connectivity index (χ1n) is 9.70. The molecule has 3 rings (SSSR count). The standard InChI is InChI=1S/C21H28N2OSi/c1-14-23-20-16(9-8-10-18(20)24-14)17-11-15(12-21(2,3)4)19(13-22-17)25(5,6)7/h8-11,13H,12H2,1-7H3/i12D2. The first kappa shape index (κ1) is 15.3. The van der Waals surface area contributed by atoms with Gasteiger partial charge in [0.2, 0.25) is 0 Å². The fourth-order valence-electron chi connectivity index (χ4n) is 2.97. The van der Waals surface area contributed by atoms with Gasteiger partial charge in [0.05, 0.1) is 13.8 Å². The Bertz CT molecular complexity index is 998. The van der Waals surface area contributed by atoms with E-state index < -0.39 is 19.9 Å². The Hall–Kier alpha value is -1.94. The van der Waals surface area contributed by atoms with Crippen molar-refractivity contribution in [2.75, 3.05) is 0 Å². The van der Waals surface area contributed by atoms with E-state index in [-0.39, 0.29) is 0 Å². The minimum Gasteiger partial charge on any atom is -0.441 e. The summed E-state index contributed by atoms with van der Waals surface area (Å²) in [6.07, 6.45) is 0.403. The molecule has 25 heavy (non-hydrogen) atoms. The van der Waals surface area contributed by atoms with E-state index in [4.69, 9.17) is 12.1 Å². The Kier molecular flexibility index (Phi) is 3.74. The molecule has 132 valence electrons. The van der Waals surface area contributed by atoms with Crippen molar-refractivity contribution in [2.24, 2.45) is 5.41 Å². The average Bonchev–Trinajstić information content (AvgIpc) is 2.92. The molecule has 3 nitrogen and oxygen atoms in total. The maximum absolute atomic E-state index is 8.89. The molecular formula is C21H28N2OSi. The van der Waals surface area contributed by atoms with Crippen LogP contribution >= 0.6 is 0 Å². The molecule has 0 amide bonds. The van der Waals surface area contributed by atoms with Crippen LogP contribution in [0.5, 0.6) is 0 Å². The minimum absolute atomic E-state index is 0.531. The summed E-state index contributed by atoms with van der Waals surface area (Å²) in [5.41, 5.74) is 3.32. The molecular weight excluding hydrogens is 324 g/mol. The van der Waals surface area contributed by atoms with E-state index in [9.17, 15) is 0 Å². The Morgan fingerprint density at radius 2 is 1.92 bits per heavy atom. The molecule has 0 unspecified atom stereocenters. The number of nitrogens with zero attached hydrogens (tertiary/aromatic N) is 2. The Balaban J connectivity index is 2.30. The van der Waals surface area contributed by atoms with Crippen LogP contribution in [0.3, 0.4) is 0 Å². The molecule has 0 aliphatic carbocycles. The lowest BCUT2D eigenvalue weighted by Crippen LogP contribution is -2.41. The molecule has 4 heteroatoms. The summed E-state index contributed by atoms with van der Waals surface area (Å²) in [4.78, 5) is 9.23. The van der Waals surface area contributed by atoms with Crippen LogP contribution in [-0.2, 0) is 6.37 Å². The zero-order valence-electron chi connectivity index (χ0n) is 18.2. The van der Waals surface area contributed by atoms with Gasteiger partial charge in [-0.1, -0.05) is 52.5 Å². The third kappa shape index (κ3) is 3.84. The van der Waals surface area contributed by atoms with Gasteiger partial charge in [0.15, 0.2) is 11.5 Å². The average molecular weight is 355 g/mol. The summed E-state index contributed by atoms with van der Waals surface area (Å²) in [6.45, 7) is 14.4. The normalized spacial score (nSPS) is 14.5. The fraction of sp³-hybridized carbons (Fsp3) is 0.429. The molecule has 0 N–H and O–H groups in total. The van der Waals surface area contributed by atoms with Crippen LogP contribution in [0.4, 0.5) is 0 Å². The minimum atomic E-state index is -1.78. The molecule has 0 saturated carbocycles. The van der Waals surface area contributed by atoms with Gasteiger partial charge in [0.1, 0.15) is 5.52 Å².